The molecule has 1 aromatic rings. The van der Waals surface area contributed by atoms with E-state index in [0.29, 0.717) is 18.5 Å². The van der Waals surface area contributed by atoms with Gasteiger partial charge in [-0.2, -0.15) is 0 Å². The lowest BCUT2D eigenvalue weighted by Crippen LogP contribution is -2.42. The van der Waals surface area contributed by atoms with Crippen molar-refractivity contribution in [3.63, 3.8) is 0 Å². The normalized spacial score (nSPS) is 21.6. The van der Waals surface area contributed by atoms with Crippen LogP contribution in [0.5, 0.6) is 5.75 Å². The van der Waals surface area contributed by atoms with Gasteiger partial charge in [-0.1, -0.05) is 12.8 Å². The molecule has 2 rings (SSSR count). The summed E-state index contributed by atoms with van der Waals surface area (Å²) in [6.45, 7) is 1.87. The summed E-state index contributed by atoms with van der Waals surface area (Å²) in [4.78, 5) is 23.5. The summed E-state index contributed by atoms with van der Waals surface area (Å²) in [5.41, 5.74) is 1.56. The molecular weight excluding hydrogens is 270 g/mol. The Kier molecular flexibility index (Phi) is 4.83. The average molecular weight is 290 g/mol. The molecule has 114 valence electrons. The highest BCUT2D eigenvalue weighted by molar-refractivity contribution is 5.95. The minimum atomic E-state index is -1.12. The van der Waals surface area contributed by atoms with Crippen LogP contribution in [0.1, 0.15) is 31.2 Å². The molecule has 1 aliphatic carbocycles. The van der Waals surface area contributed by atoms with Gasteiger partial charge in [-0.15, -0.1) is 0 Å². The van der Waals surface area contributed by atoms with Gasteiger partial charge in [0.2, 0.25) is 5.91 Å². The molecule has 5 nitrogen and oxygen atoms in total. The Morgan fingerprint density at radius 3 is 2.48 bits per heavy atom. The van der Waals surface area contributed by atoms with Crippen LogP contribution in [0, 0.1) is 18.8 Å². The number of nitrogens with one attached hydrogen (secondary N) is 1. The first-order chi connectivity index (χ1) is 10.0. The Labute approximate surface area is 124 Å². The van der Waals surface area contributed by atoms with E-state index >= 15 is 0 Å². The molecule has 1 N–H and O–H groups in total. The van der Waals surface area contributed by atoms with Crippen LogP contribution >= 0.6 is 0 Å². The molecule has 1 amide bonds. The topological polar surface area (TPSA) is 78.5 Å². The largest absolute Gasteiger partial charge is 0.550 e. The second-order valence-electron chi connectivity index (χ2n) is 5.49. The number of anilines is 1. The van der Waals surface area contributed by atoms with Crippen molar-refractivity contribution >= 4 is 17.6 Å². The van der Waals surface area contributed by atoms with Crippen molar-refractivity contribution in [3.8, 4) is 5.75 Å². The van der Waals surface area contributed by atoms with Crippen molar-refractivity contribution in [1.29, 1.82) is 0 Å². The number of hydrogen-bond acceptors (Lipinski definition) is 4. The number of carbonyl (C=O) groups excluding carboxylic acids is 2. The standard InChI is InChI=1S/C16H21NO4/c1-10-9-11(21-2)7-8-14(10)17-15(18)12-5-3-4-6-13(12)16(19)20/h7-9,12-13H,3-6H2,1-2H3,(H,17,18)(H,19,20)/p-1/t12-,13+/m0/s1. The zero-order valence-corrected chi connectivity index (χ0v) is 12.3. The van der Waals surface area contributed by atoms with E-state index in [1.54, 1.807) is 19.2 Å². The maximum absolute atomic E-state index is 12.4. The molecule has 1 fully saturated rings. The van der Waals surface area contributed by atoms with Gasteiger partial charge in [0.1, 0.15) is 5.75 Å². The number of carbonyl (C=O) groups is 2. The van der Waals surface area contributed by atoms with Crippen LogP contribution in [0.25, 0.3) is 0 Å². The second kappa shape index (κ2) is 6.61. The van der Waals surface area contributed by atoms with Crippen LogP contribution in [0.2, 0.25) is 0 Å². The highest BCUT2D eigenvalue weighted by atomic mass is 16.5. The van der Waals surface area contributed by atoms with Crippen molar-refractivity contribution in [2.45, 2.75) is 32.6 Å². The number of carboxylic acids is 1. The number of rotatable bonds is 4. The molecule has 0 bridgehead atoms. The molecule has 1 aromatic carbocycles. The molecule has 0 heterocycles. The van der Waals surface area contributed by atoms with Gasteiger partial charge in [-0.25, -0.2) is 0 Å². The molecule has 21 heavy (non-hydrogen) atoms. The minimum absolute atomic E-state index is 0.239. The summed E-state index contributed by atoms with van der Waals surface area (Å²) >= 11 is 0. The van der Waals surface area contributed by atoms with Crippen LogP contribution in [0.4, 0.5) is 5.69 Å². The second-order valence-corrected chi connectivity index (χ2v) is 5.49. The van der Waals surface area contributed by atoms with Crippen LogP contribution in [0.3, 0.4) is 0 Å². The number of benzene rings is 1. The molecule has 0 spiro atoms. The predicted molar refractivity (Wildman–Crippen MR) is 76.8 cm³/mol. The first kappa shape index (κ1) is 15.4. The summed E-state index contributed by atoms with van der Waals surface area (Å²) in [6.07, 6.45) is 2.83. The molecule has 0 unspecified atom stereocenters. The number of aliphatic carboxylic acids is 1. The van der Waals surface area contributed by atoms with Gasteiger partial charge >= 0.3 is 0 Å². The van der Waals surface area contributed by atoms with E-state index in [4.69, 9.17) is 4.74 Å². The lowest BCUT2D eigenvalue weighted by Gasteiger charge is -2.31. The zero-order valence-electron chi connectivity index (χ0n) is 12.3. The number of aryl methyl sites for hydroxylation is 1. The third-order valence-electron chi connectivity index (χ3n) is 4.10. The Morgan fingerprint density at radius 2 is 1.90 bits per heavy atom. The molecule has 1 aliphatic rings. The van der Waals surface area contributed by atoms with E-state index in [-0.39, 0.29) is 5.91 Å². The van der Waals surface area contributed by atoms with Crippen molar-refractivity contribution in [2.75, 3.05) is 12.4 Å². The van der Waals surface area contributed by atoms with Gasteiger partial charge in [0.25, 0.3) is 0 Å². The fourth-order valence-electron chi connectivity index (χ4n) is 2.86. The van der Waals surface area contributed by atoms with Crippen molar-refractivity contribution in [1.82, 2.24) is 0 Å². The number of amides is 1. The molecule has 0 aromatic heterocycles. The van der Waals surface area contributed by atoms with E-state index in [1.165, 1.54) is 0 Å². The van der Waals surface area contributed by atoms with E-state index in [9.17, 15) is 14.7 Å². The smallest absolute Gasteiger partial charge is 0.228 e. The van der Waals surface area contributed by atoms with Gasteiger partial charge < -0.3 is 20.0 Å². The van der Waals surface area contributed by atoms with Gasteiger partial charge in [-0.3, -0.25) is 4.79 Å². The molecule has 0 radical (unpaired) electrons. The fraction of sp³-hybridized carbons (Fsp3) is 0.500. The first-order valence-electron chi connectivity index (χ1n) is 7.19. The number of hydrogen-bond donors (Lipinski definition) is 1. The van der Waals surface area contributed by atoms with E-state index in [2.05, 4.69) is 5.32 Å². The number of carboxylic acid groups (broad SMARTS) is 1. The zero-order chi connectivity index (χ0) is 15.4. The van der Waals surface area contributed by atoms with Crippen molar-refractivity contribution < 1.29 is 19.4 Å². The number of methoxy groups -OCH3 is 1. The highest BCUT2D eigenvalue weighted by Gasteiger charge is 2.31. The molecule has 0 saturated heterocycles. The maximum atomic E-state index is 12.4. The monoisotopic (exact) mass is 290 g/mol. The number of ether oxygens (including phenoxy) is 1. The summed E-state index contributed by atoms with van der Waals surface area (Å²) in [7, 11) is 1.58. The Balaban J connectivity index is 2.11. The molecular formula is C16H20NO4-. The van der Waals surface area contributed by atoms with Crippen molar-refractivity contribution in [3.05, 3.63) is 23.8 Å². The van der Waals surface area contributed by atoms with Gasteiger partial charge in [0.05, 0.1) is 7.11 Å². The van der Waals surface area contributed by atoms with Crippen LogP contribution in [-0.2, 0) is 9.59 Å². The third kappa shape index (κ3) is 3.54. The van der Waals surface area contributed by atoms with Crippen molar-refractivity contribution in [2.24, 2.45) is 11.8 Å². The van der Waals surface area contributed by atoms with Crippen LogP contribution in [0.15, 0.2) is 18.2 Å². The minimum Gasteiger partial charge on any atom is -0.550 e. The summed E-state index contributed by atoms with van der Waals surface area (Å²) in [5.74, 6) is -1.84. The quantitative estimate of drug-likeness (QED) is 0.911. The average Bonchev–Trinajstić information content (AvgIpc) is 2.49. The lowest BCUT2D eigenvalue weighted by molar-refractivity contribution is -0.313. The predicted octanol–water partition coefficient (Wildman–Crippen LogP) is 1.50. The molecule has 0 aliphatic heterocycles. The van der Waals surface area contributed by atoms with Gasteiger partial charge in [0.15, 0.2) is 0 Å². The Morgan fingerprint density at radius 1 is 1.24 bits per heavy atom. The summed E-state index contributed by atoms with van der Waals surface area (Å²) < 4.78 is 5.12. The maximum Gasteiger partial charge on any atom is 0.228 e. The highest BCUT2D eigenvalue weighted by Crippen LogP contribution is 2.31. The molecule has 1 saturated carbocycles. The SMILES string of the molecule is COc1ccc(NC(=O)[C@H]2CCCC[C@H]2C(=O)[O-])c(C)c1. The lowest BCUT2D eigenvalue weighted by atomic mass is 9.78. The van der Waals surface area contributed by atoms with Crippen LogP contribution < -0.4 is 15.2 Å². The Bertz CT molecular complexity index is 541. The Hall–Kier alpha value is -2.04. The molecule has 2 atom stereocenters. The van der Waals surface area contributed by atoms with Gasteiger partial charge in [-0.05, 0) is 43.5 Å². The van der Waals surface area contributed by atoms with Crippen LogP contribution in [-0.4, -0.2) is 19.0 Å². The van der Waals surface area contributed by atoms with E-state index in [0.717, 1.165) is 24.2 Å². The van der Waals surface area contributed by atoms with E-state index in [1.807, 2.05) is 13.0 Å². The fourth-order valence-corrected chi connectivity index (χ4v) is 2.86. The molecule has 5 heteroatoms. The van der Waals surface area contributed by atoms with E-state index < -0.39 is 17.8 Å². The summed E-state index contributed by atoms with van der Waals surface area (Å²) in [5, 5.41) is 14.0. The summed E-state index contributed by atoms with van der Waals surface area (Å²) in [6, 6.07) is 5.36. The van der Waals surface area contributed by atoms with Gasteiger partial charge in [0, 0.05) is 23.5 Å². The third-order valence-corrected chi connectivity index (χ3v) is 4.10. The first-order valence-corrected chi connectivity index (χ1v) is 7.19.